The molecule has 2 aromatic rings. The Labute approximate surface area is 112 Å². The number of hydrogen-bond acceptors (Lipinski definition) is 3. The first-order valence-electron chi connectivity index (χ1n) is 6.32. The maximum absolute atomic E-state index is 12.3. The third kappa shape index (κ3) is 2.81. The monoisotopic (exact) mass is 258 g/mol. The molecule has 1 amide bonds. The molecule has 5 heteroatoms. The van der Waals surface area contributed by atoms with Gasteiger partial charge in [-0.15, -0.1) is 0 Å². The zero-order chi connectivity index (χ0) is 13.8. The number of pyridine rings is 1. The van der Waals surface area contributed by atoms with E-state index in [0.717, 1.165) is 17.7 Å². The van der Waals surface area contributed by atoms with Gasteiger partial charge in [0.05, 0.1) is 18.1 Å². The number of nitrogens with one attached hydrogen (secondary N) is 1. The fourth-order valence-electron chi connectivity index (χ4n) is 2.10. The maximum Gasteiger partial charge on any atom is 0.270 e. The van der Waals surface area contributed by atoms with Gasteiger partial charge in [0.2, 0.25) is 0 Å². The minimum Gasteiger partial charge on any atom is -0.344 e. The van der Waals surface area contributed by atoms with Crippen molar-refractivity contribution >= 4 is 5.91 Å². The van der Waals surface area contributed by atoms with Crippen molar-refractivity contribution < 1.29 is 4.79 Å². The van der Waals surface area contributed by atoms with E-state index in [1.165, 1.54) is 0 Å². The lowest BCUT2D eigenvalue weighted by atomic mass is 10.1. The van der Waals surface area contributed by atoms with Crippen molar-refractivity contribution in [1.29, 1.82) is 0 Å². The molecule has 0 spiro atoms. The van der Waals surface area contributed by atoms with E-state index in [9.17, 15) is 4.79 Å². The Bertz CT molecular complexity index is 543. The van der Waals surface area contributed by atoms with Crippen molar-refractivity contribution in [2.24, 2.45) is 7.05 Å². The van der Waals surface area contributed by atoms with E-state index in [-0.39, 0.29) is 11.9 Å². The Balaban J connectivity index is 2.18. The molecule has 0 aliphatic rings. The fraction of sp³-hybridized carbons (Fsp3) is 0.357. The van der Waals surface area contributed by atoms with Gasteiger partial charge >= 0.3 is 0 Å². The van der Waals surface area contributed by atoms with Crippen LogP contribution in [0.25, 0.3) is 0 Å². The lowest BCUT2D eigenvalue weighted by Crippen LogP contribution is -2.30. The third-order valence-electron chi connectivity index (χ3n) is 3.14. The largest absolute Gasteiger partial charge is 0.344 e. The van der Waals surface area contributed by atoms with Crippen LogP contribution in [0.2, 0.25) is 0 Å². The second-order valence-corrected chi connectivity index (χ2v) is 4.51. The molecule has 0 radical (unpaired) electrons. The molecule has 1 N–H and O–H groups in total. The van der Waals surface area contributed by atoms with E-state index < -0.39 is 0 Å². The highest BCUT2D eigenvalue weighted by molar-refractivity contribution is 5.93. The van der Waals surface area contributed by atoms with Crippen molar-refractivity contribution in [2.75, 3.05) is 0 Å². The van der Waals surface area contributed by atoms with Crippen molar-refractivity contribution in [2.45, 2.75) is 26.3 Å². The molecular weight excluding hydrogens is 240 g/mol. The van der Waals surface area contributed by atoms with Crippen LogP contribution in [0.5, 0.6) is 0 Å². The first-order valence-corrected chi connectivity index (χ1v) is 6.32. The molecule has 0 saturated heterocycles. The molecule has 2 aromatic heterocycles. The summed E-state index contributed by atoms with van der Waals surface area (Å²) in [4.78, 5) is 20.5. The van der Waals surface area contributed by atoms with Gasteiger partial charge in [-0.1, -0.05) is 13.0 Å². The summed E-state index contributed by atoms with van der Waals surface area (Å²) in [5.74, 6) is -0.104. The van der Waals surface area contributed by atoms with Crippen molar-refractivity contribution in [3.63, 3.8) is 0 Å². The number of aryl methyl sites for hydroxylation is 2. The highest BCUT2D eigenvalue weighted by Gasteiger charge is 2.18. The first kappa shape index (κ1) is 13.3. The van der Waals surface area contributed by atoms with Gasteiger partial charge in [-0.3, -0.25) is 9.78 Å². The molecule has 0 aliphatic carbocycles. The molecule has 2 heterocycles. The van der Waals surface area contributed by atoms with E-state index in [1.807, 2.05) is 33.0 Å². The van der Waals surface area contributed by atoms with Crippen molar-refractivity contribution in [3.8, 4) is 0 Å². The Kier molecular flexibility index (Phi) is 3.94. The minimum absolute atomic E-state index is 0.0319. The zero-order valence-corrected chi connectivity index (χ0v) is 11.4. The highest BCUT2D eigenvalue weighted by atomic mass is 16.2. The second-order valence-electron chi connectivity index (χ2n) is 4.51. The first-order chi connectivity index (χ1) is 9.13. The molecule has 5 nitrogen and oxygen atoms in total. The lowest BCUT2D eigenvalue weighted by molar-refractivity contribution is 0.0926. The number of nitrogens with zero attached hydrogens (tertiary/aromatic N) is 3. The summed E-state index contributed by atoms with van der Waals surface area (Å²) < 4.78 is 1.74. The molecule has 2 rings (SSSR count). The zero-order valence-electron chi connectivity index (χ0n) is 11.4. The van der Waals surface area contributed by atoms with Crippen LogP contribution in [0.15, 0.2) is 30.9 Å². The topological polar surface area (TPSA) is 59.8 Å². The molecule has 0 unspecified atom stereocenters. The number of carbonyl (C=O) groups excluding carboxylic acids is 1. The predicted octanol–water partition coefficient (Wildman–Crippen LogP) is 2.00. The summed E-state index contributed by atoms with van der Waals surface area (Å²) in [7, 11) is 1.82. The SMILES string of the molecule is CC[C@H](NC(=O)c1c(C)ncn1C)c1cccnc1. The maximum atomic E-state index is 12.3. The molecule has 0 fully saturated rings. The molecular formula is C14H18N4O. The second kappa shape index (κ2) is 5.65. The molecule has 0 bridgehead atoms. The summed E-state index contributed by atoms with van der Waals surface area (Å²) in [6.45, 7) is 3.87. The van der Waals surface area contributed by atoms with Crippen molar-refractivity contribution in [1.82, 2.24) is 19.9 Å². The predicted molar refractivity (Wildman–Crippen MR) is 72.7 cm³/mol. The molecule has 0 aliphatic heterocycles. The van der Waals surface area contributed by atoms with Crippen LogP contribution in [-0.4, -0.2) is 20.4 Å². The van der Waals surface area contributed by atoms with E-state index >= 15 is 0 Å². The molecule has 0 aromatic carbocycles. The van der Waals surface area contributed by atoms with Gasteiger partial charge in [0, 0.05) is 19.4 Å². The van der Waals surface area contributed by atoms with E-state index in [1.54, 1.807) is 23.3 Å². The van der Waals surface area contributed by atoms with Crippen LogP contribution < -0.4 is 5.32 Å². The van der Waals surface area contributed by atoms with Gasteiger partial charge in [-0.25, -0.2) is 4.98 Å². The van der Waals surface area contributed by atoms with Crippen LogP contribution in [0.4, 0.5) is 0 Å². The normalized spacial score (nSPS) is 12.2. The van der Waals surface area contributed by atoms with Crippen LogP contribution in [0, 0.1) is 6.92 Å². The van der Waals surface area contributed by atoms with Gasteiger partial charge in [0.25, 0.3) is 5.91 Å². The smallest absolute Gasteiger partial charge is 0.270 e. The Morgan fingerprint density at radius 3 is 2.84 bits per heavy atom. The molecule has 1 atom stereocenters. The highest BCUT2D eigenvalue weighted by Crippen LogP contribution is 2.16. The van der Waals surface area contributed by atoms with Crippen LogP contribution in [-0.2, 0) is 7.05 Å². The third-order valence-corrected chi connectivity index (χ3v) is 3.14. The van der Waals surface area contributed by atoms with E-state index in [0.29, 0.717) is 5.69 Å². The quantitative estimate of drug-likeness (QED) is 0.912. The summed E-state index contributed by atoms with van der Waals surface area (Å²) in [5, 5.41) is 3.03. The van der Waals surface area contributed by atoms with Crippen molar-refractivity contribution in [3.05, 3.63) is 47.8 Å². The fourth-order valence-corrected chi connectivity index (χ4v) is 2.10. The summed E-state index contributed by atoms with van der Waals surface area (Å²) in [5.41, 5.74) is 2.35. The summed E-state index contributed by atoms with van der Waals surface area (Å²) in [6, 6.07) is 3.81. The van der Waals surface area contributed by atoms with Crippen LogP contribution in [0.1, 0.15) is 41.1 Å². The van der Waals surface area contributed by atoms with Gasteiger partial charge in [-0.05, 0) is 25.0 Å². The minimum atomic E-state index is -0.104. The van der Waals surface area contributed by atoms with E-state index in [2.05, 4.69) is 15.3 Å². The standard InChI is InChI=1S/C14H18N4O/c1-4-12(11-6-5-7-15-8-11)17-14(19)13-10(2)16-9-18(13)3/h5-9,12H,4H2,1-3H3,(H,17,19)/t12-/m0/s1. The number of amides is 1. The Morgan fingerprint density at radius 1 is 1.53 bits per heavy atom. The average molecular weight is 258 g/mol. The molecule has 19 heavy (non-hydrogen) atoms. The Morgan fingerprint density at radius 2 is 2.32 bits per heavy atom. The van der Waals surface area contributed by atoms with Crippen LogP contribution in [0.3, 0.4) is 0 Å². The lowest BCUT2D eigenvalue weighted by Gasteiger charge is -2.17. The van der Waals surface area contributed by atoms with Gasteiger partial charge < -0.3 is 9.88 Å². The summed E-state index contributed by atoms with van der Waals surface area (Å²) in [6.07, 6.45) is 5.97. The number of aromatic nitrogens is 3. The number of rotatable bonds is 4. The molecule has 0 saturated carbocycles. The number of carbonyl (C=O) groups is 1. The number of hydrogen-bond donors (Lipinski definition) is 1. The average Bonchev–Trinajstić information content (AvgIpc) is 2.76. The summed E-state index contributed by atoms with van der Waals surface area (Å²) >= 11 is 0. The number of imidazole rings is 1. The van der Waals surface area contributed by atoms with Gasteiger partial charge in [0.15, 0.2) is 0 Å². The Hall–Kier alpha value is -2.17. The molecule has 100 valence electrons. The van der Waals surface area contributed by atoms with Crippen LogP contribution >= 0.6 is 0 Å². The van der Waals surface area contributed by atoms with Gasteiger partial charge in [0.1, 0.15) is 5.69 Å². The van der Waals surface area contributed by atoms with E-state index in [4.69, 9.17) is 0 Å². The van der Waals surface area contributed by atoms with Gasteiger partial charge in [-0.2, -0.15) is 0 Å².